The Morgan fingerprint density at radius 3 is 2.86 bits per heavy atom. The number of hydrogen-bond donors (Lipinski definition) is 3. The third kappa shape index (κ3) is 4.26. The summed E-state index contributed by atoms with van der Waals surface area (Å²) in [5, 5.41) is 15.2. The van der Waals surface area contributed by atoms with Crippen LogP contribution < -0.4 is 15.5 Å². The maximum atomic E-state index is 11.9. The monoisotopic (exact) mass is 303 g/mol. The summed E-state index contributed by atoms with van der Waals surface area (Å²) in [7, 11) is 1.99. The largest absolute Gasteiger partial charge is 0.467 e. The molecule has 0 aliphatic carbocycles. The minimum atomic E-state index is -0.863. The van der Waals surface area contributed by atoms with E-state index < -0.39 is 6.10 Å². The van der Waals surface area contributed by atoms with Crippen LogP contribution in [-0.2, 0) is 0 Å². The number of rotatable bonds is 6. The molecule has 6 heteroatoms. The first kappa shape index (κ1) is 15.9. The standard InChI is InChI=1S/C16H21N3O3/c1-3-19(2)13-7-4-6-12(10-13)18-16(21)17-11-14(20)15-8-5-9-22-15/h4-10,14,20H,3,11H2,1-2H3,(H2,17,18,21). The van der Waals surface area contributed by atoms with Gasteiger partial charge in [-0.15, -0.1) is 0 Å². The van der Waals surface area contributed by atoms with Gasteiger partial charge >= 0.3 is 6.03 Å². The second kappa shape index (κ2) is 7.51. The fourth-order valence-corrected chi connectivity index (χ4v) is 1.95. The average molecular weight is 303 g/mol. The number of carbonyl (C=O) groups is 1. The topological polar surface area (TPSA) is 77.7 Å². The van der Waals surface area contributed by atoms with Crippen LogP contribution in [0.3, 0.4) is 0 Å². The molecular weight excluding hydrogens is 282 g/mol. The first-order valence-electron chi connectivity index (χ1n) is 7.17. The van der Waals surface area contributed by atoms with Gasteiger partial charge in [0.05, 0.1) is 12.8 Å². The van der Waals surface area contributed by atoms with E-state index in [2.05, 4.69) is 22.5 Å². The Morgan fingerprint density at radius 1 is 1.36 bits per heavy atom. The third-order valence-corrected chi connectivity index (χ3v) is 3.35. The Bertz CT molecular complexity index is 598. The molecule has 1 heterocycles. The predicted octanol–water partition coefficient (Wildman–Crippen LogP) is 2.59. The van der Waals surface area contributed by atoms with E-state index in [9.17, 15) is 9.90 Å². The van der Waals surface area contributed by atoms with Crippen LogP contribution in [0.5, 0.6) is 0 Å². The van der Waals surface area contributed by atoms with E-state index in [1.165, 1.54) is 6.26 Å². The van der Waals surface area contributed by atoms with Crippen molar-refractivity contribution in [1.82, 2.24) is 5.32 Å². The minimum Gasteiger partial charge on any atom is -0.467 e. The molecule has 0 aliphatic heterocycles. The van der Waals surface area contributed by atoms with Crippen LogP contribution in [0.2, 0.25) is 0 Å². The van der Waals surface area contributed by atoms with Gasteiger partial charge in [-0.3, -0.25) is 0 Å². The van der Waals surface area contributed by atoms with Crippen molar-refractivity contribution in [1.29, 1.82) is 0 Å². The maximum absolute atomic E-state index is 11.9. The van der Waals surface area contributed by atoms with Gasteiger partial charge in [0.2, 0.25) is 0 Å². The zero-order chi connectivity index (χ0) is 15.9. The van der Waals surface area contributed by atoms with Gasteiger partial charge in [0, 0.05) is 25.0 Å². The molecule has 6 nitrogen and oxygen atoms in total. The van der Waals surface area contributed by atoms with Gasteiger partial charge in [-0.25, -0.2) is 4.79 Å². The van der Waals surface area contributed by atoms with Crippen molar-refractivity contribution in [2.75, 3.05) is 30.4 Å². The summed E-state index contributed by atoms with van der Waals surface area (Å²) in [6.07, 6.45) is 0.618. The van der Waals surface area contributed by atoms with Crippen LogP contribution in [0.1, 0.15) is 18.8 Å². The summed E-state index contributed by atoms with van der Waals surface area (Å²) in [5.41, 5.74) is 1.72. The summed E-state index contributed by atoms with van der Waals surface area (Å²) in [4.78, 5) is 13.9. The molecule has 1 atom stereocenters. The summed E-state index contributed by atoms with van der Waals surface area (Å²) in [6.45, 7) is 3.02. The Labute approximate surface area is 129 Å². The molecule has 1 aromatic heterocycles. The minimum absolute atomic E-state index is 0.0773. The zero-order valence-corrected chi connectivity index (χ0v) is 12.7. The van der Waals surface area contributed by atoms with E-state index in [-0.39, 0.29) is 12.6 Å². The number of hydrogen-bond acceptors (Lipinski definition) is 4. The van der Waals surface area contributed by atoms with Crippen molar-refractivity contribution in [2.24, 2.45) is 0 Å². The van der Waals surface area contributed by atoms with Gasteiger partial charge in [0.25, 0.3) is 0 Å². The van der Waals surface area contributed by atoms with Crippen LogP contribution in [-0.4, -0.2) is 31.3 Å². The van der Waals surface area contributed by atoms with Crippen LogP contribution in [0.25, 0.3) is 0 Å². The number of furan rings is 1. The fraction of sp³-hybridized carbons (Fsp3) is 0.312. The highest BCUT2D eigenvalue weighted by Gasteiger charge is 2.12. The molecule has 3 N–H and O–H groups in total. The van der Waals surface area contributed by atoms with Crippen molar-refractivity contribution in [3.05, 3.63) is 48.4 Å². The van der Waals surface area contributed by atoms with Crippen LogP contribution in [0.4, 0.5) is 16.2 Å². The van der Waals surface area contributed by atoms with E-state index in [1.54, 1.807) is 12.1 Å². The van der Waals surface area contributed by atoms with Crippen LogP contribution >= 0.6 is 0 Å². The Morgan fingerprint density at radius 2 is 2.18 bits per heavy atom. The third-order valence-electron chi connectivity index (χ3n) is 3.35. The molecule has 2 rings (SSSR count). The van der Waals surface area contributed by atoms with Gasteiger partial charge in [0.15, 0.2) is 0 Å². The number of aliphatic hydroxyl groups is 1. The van der Waals surface area contributed by atoms with Crippen molar-refractivity contribution >= 4 is 17.4 Å². The lowest BCUT2D eigenvalue weighted by Gasteiger charge is -2.18. The van der Waals surface area contributed by atoms with Gasteiger partial charge in [-0.05, 0) is 37.3 Å². The lowest BCUT2D eigenvalue weighted by atomic mass is 10.2. The molecule has 22 heavy (non-hydrogen) atoms. The van der Waals surface area contributed by atoms with Gasteiger partial charge in [-0.2, -0.15) is 0 Å². The van der Waals surface area contributed by atoms with E-state index in [0.29, 0.717) is 11.4 Å². The van der Waals surface area contributed by atoms with Gasteiger partial charge in [0.1, 0.15) is 11.9 Å². The summed E-state index contributed by atoms with van der Waals surface area (Å²) in [5.74, 6) is 0.423. The number of nitrogens with one attached hydrogen (secondary N) is 2. The molecule has 2 amide bonds. The maximum Gasteiger partial charge on any atom is 0.319 e. The average Bonchev–Trinajstić information content (AvgIpc) is 3.06. The van der Waals surface area contributed by atoms with Crippen molar-refractivity contribution in [3.8, 4) is 0 Å². The lowest BCUT2D eigenvalue weighted by Crippen LogP contribution is -2.32. The molecule has 0 radical (unpaired) electrons. The summed E-state index contributed by atoms with van der Waals surface area (Å²) in [6, 6.07) is 10.5. The molecule has 0 spiro atoms. The molecule has 0 aliphatic rings. The smallest absolute Gasteiger partial charge is 0.319 e. The number of carbonyl (C=O) groups excluding carboxylic acids is 1. The Kier molecular flexibility index (Phi) is 5.43. The van der Waals surface area contributed by atoms with E-state index in [4.69, 9.17) is 4.42 Å². The molecule has 2 aromatic rings. The summed E-state index contributed by atoms with van der Waals surface area (Å²) >= 11 is 0. The molecule has 1 aromatic carbocycles. The zero-order valence-electron chi connectivity index (χ0n) is 12.7. The number of benzene rings is 1. The van der Waals surface area contributed by atoms with Crippen LogP contribution in [0.15, 0.2) is 47.1 Å². The highest BCUT2D eigenvalue weighted by molar-refractivity contribution is 5.89. The van der Waals surface area contributed by atoms with E-state index in [1.807, 2.05) is 31.3 Å². The Balaban J connectivity index is 1.87. The SMILES string of the molecule is CCN(C)c1cccc(NC(=O)NCC(O)c2ccco2)c1. The fourth-order valence-electron chi connectivity index (χ4n) is 1.95. The molecule has 0 saturated carbocycles. The molecule has 0 fully saturated rings. The Hall–Kier alpha value is -2.47. The number of anilines is 2. The van der Waals surface area contributed by atoms with Crippen molar-refractivity contribution in [3.63, 3.8) is 0 Å². The number of aliphatic hydroxyl groups excluding tert-OH is 1. The normalized spacial score (nSPS) is 11.8. The second-order valence-electron chi connectivity index (χ2n) is 4.93. The highest BCUT2D eigenvalue weighted by atomic mass is 16.4. The van der Waals surface area contributed by atoms with E-state index in [0.717, 1.165) is 12.2 Å². The number of amides is 2. The quantitative estimate of drug-likeness (QED) is 0.766. The van der Waals surface area contributed by atoms with Crippen molar-refractivity contribution in [2.45, 2.75) is 13.0 Å². The van der Waals surface area contributed by atoms with Crippen LogP contribution in [0, 0.1) is 0 Å². The lowest BCUT2D eigenvalue weighted by molar-refractivity contribution is 0.149. The number of urea groups is 1. The van der Waals surface area contributed by atoms with Gasteiger partial charge < -0.3 is 25.1 Å². The molecule has 0 saturated heterocycles. The molecule has 0 bridgehead atoms. The molecular formula is C16H21N3O3. The highest BCUT2D eigenvalue weighted by Crippen LogP contribution is 2.18. The first-order chi connectivity index (χ1) is 10.6. The molecule has 118 valence electrons. The summed E-state index contributed by atoms with van der Waals surface area (Å²) < 4.78 is 5.07. The first-order valence-corrected chi connectivity index (χ1v) is 7.17. The number of nitrogens with zero attached hydrogens (tertiary/aromatic N) is 1. The second-order valence-corrected chi connectivity index (χ2v) is 4.93. The van der Waals surface area contributed by atoms with Crippen molar-refractivity contribution < 1.29 is 14.3 Å². The van der Waals surface area contributed by atoms with E-state index >= 15 is 0 Å². The van der Waals surface area contributed by atoms with Gasteiger partial charge in [-0.1, -0.05) is 6.07 Å². The molecule has 1 unspecified atom stereocenters. The predicted molar refractivity (Wildman–Crippen MR) is 86.1 cm³/mol.